The van der Waals surface area contributed by atoms with E-state index in [9.17, 15) is 0 Å². The van der Waals surface area contributed by atoms with Crippen LogP contribution in [0, 0.1) is 0 Å². The van der Waals surface area contributed by atoms with Gasteiger partial charge in [-0.25, -0.2) is 4.98 Å². The zero-order valence-corrected chi connectivity index (χ0v) is 93.6. The lowest BCUT2D eigenvalue weighted by atomic mass is 10.1. The van der Waals surface area contributed by atoms with Crippen molar-refractivity contribution in [3.63, 3.8) is 0 Å². The molecule has 8 heterocycles. The molecule has 1 aromatic heterocycles. The molecule has 7 aliphatic rings. The second-order valence-corrected chi connectivity index (χ2v) is 48.3. The van der Waals surface area contributed by atoms with Crippen molar-refractivity contribution in [2.75, 3.05) is 262 Å². The van der Waals surface area contributed by atoms with E-state index in [1.54, 1.807) is 0 Å². The van der Waals surface area contributed by atoms with E-state index in [1.165, 1.54) is 152 Å². The second kappa shape index (κ2) is 52.9. The molecule has 14 rings (SSSR count). The summed E-state index contributed by atoms with van der Waals surface area (Å²) in [5, 5.41) is 24.4. The van der Waals surface area contributed by atoms with Gasteiger partial charge in [0.05, 0.1) is 11.9 Å². The molecule has 22 heteroatoms. The predicted molar refractivity (Wildman–Crippen MR) is 610 cm³/mol. The van der Waals surface area contributed by atoms with Crippen LogP contribution >= 0.6 is 0 Å². The third-order valence-electron chi connectivity index (χ3n) is 25.9. The van der Waals surface area contributed by atoms with Gasteiger partial charge in [-0.05, 0) is 393 Å². The van der Waals surface area contributed by atoms with Gasteiger partial charge >= 0.3 is 0 Å². The maximum absolute atomic E-state index is 4.49. The van der Waals surface area contributed by atoms with Crippen LogP contribution in [0.1, 0.15) is 228 Å². The molecule has 0 atom stereocenters. The molecule has 0 amide bonds. The van der Waals surface area contributed by atoms with E-state index in [0.29, 0.717) is 36.3 Å². The highest BCUT2D eigenvalue weighted by atomic mass is 15.3. The van der Waals surface area contributed by atoms with Crippen LogP contribution in [0.3, 0.4) is 0 Å². The van der Waals surface area contributed by atoms with Crippen LogP contribution in [0.15, 0.2) is 164 Å². The molecule has 7 aromatic rings. The number of nitrogens with one attached hydrogen (secondary N) is 7. The number of nitrogens with zero attached hydrogens (tertiary/aromatic N) is 15. The highest BCUT2D eigenvalue weighted by Crippen LogP contribution is 2.31. The van der Waals surface area contributed by atoms with E-state index in [0.717, 1.165) is 111 Å². The Bertz CT molecular complexity index is 3800. The van der Waals surface area contributed by atoms with Gasteiger partial charge in [0.25, 0.3) is 0 Å². The second-order valence-electron chi connectivity index (χ2n) is 48.3. The Morgan fingerprint density at radius 3 is 0.449 bits per heavy atom. The molecular weight excluding hydrogens is 1700 g/mol. The van der Waals surface area contributed by atoms with Crippen LogP contribution in [-0.4, -0.2) is 305 Å². The first-order valence-electron chi connectivity index (χ1n) is 53.0. The molecule has 0 bridgehead atoms. The standard InChI is InChI=1S/6C17H29N3.C14H24N4/c6*1-14(2)19-10-12-20(13-11-19)16-8-6-15(7-9-16)18-17(3,4)5;1-14(2,3)16-13-6-5-12(11-15-13)18-9-7-17(4)8-10-18/h6*6-9,14,18H,10-13H2,1-5H3;5-6,11H,7-10H2,1-4H3,(H,15,16). The number of hydrogen-bond acceptors (Lipinski definition) is 22. The molecule has 7 aliphatic heterocycles. The molecule has 7 saturated heterocycles. The summed E-state index contributed by atoms with van der Waals surface area (Å²) in [5.41, 5.74) is 17.2. The monoisotopic (exact) mass is 1900 g/mol. The normalized spacial score (nSPS) is 17.6. The van der Waals surface area contributed by atoms with Gasteiger partial charge in [0, 0.05) is 327 Å². The van der Waals surface area contributed by atoms with Crippen molar-refractivity contribution in [3.05, 3.63) is 164 Å². The third kappa shape index (κ3) is 42.7. The lowest BCUT2D eigenvalue weighted by Gasteiger charge is -2.38. The molecular formula is C116H198N22. The number of piperazine rings is 7. The Balaban J connectivity index is 0.000000198. The molecule has 7 fully saturated rings. The van der Waals surface area contributed by atoms with Gasteiger partial charge in [0.1, 0.15) is 5.82 Å². The van der Waals surface area contributed by atoms with Crippen LogP contribution in [0.4, 0.5) is 79.8 Å². The number of pyridine rings is 1. The fourth-order valence-electron chi connectivity index (χ4n) is 18.2. The van der Waals surface area contributed by atoms with Crippen molar-refractivity contribution >= 4 is 79.8 Å². The third-order valence-corrected chi connectivity index (χ3v) is 25.9. The molecule has 0 aliphatic carbocycles. The van der Waals surface area contributed by atoms with Crippen molar-refractivity contribution in [1.29, 1.82) is 0 Å². The fraction of sp³-hybridized carbons (Fsp3) is 0.647. The average molecular weight is 1900 g/mol. The summed E-state index contributed by atoms with van der Waals surface area (Å²) in [6.45, 7) is 105. The van der Waals surface area contributed by atoms with Crippen LogP contribution in [0.5, 0.6) is 0 Å². The van der Waals surface area contributed by atoms with E-state index in [4.69, 9.17) is 0 Å². The Kier molecular flexibility index (Phi) is 44.0. The first-order valence-corrected chi connectivity index (χ1v) is 53.0. The number of benzene rings is 6. The summed E-state index contributed by atoms with van der Waals surface area (Å²) in [6.07, 6.45) is 1.97. The van der Waals surface area contributed by atoms with Crippen LogP contribution in [0.2, 0.25) is 0 Å². The van der Waals surface area contributed by atoms with Gasteiger partial charge < -0.3 is 76.4 Å². The summed E-state index contributed by atoms with van der Waals surface area (Å²) in [4.78, 5) is 39.5. The highest BCUT2D eigenvalue weighted by Gasteiger charge is 2.28. The van der Waals surface area contributed by atoms with Crippen molar-refractivity contribution in [2.24, 2.45) is 0 Å². The van der Waals surface area contributed by atoms with Crippen LogP contribution in [-0.2, 0) is 0 Å². The van der Waals surface area contributed by atoms with Crippen molar-refractivity contribution in [2.45, 2.75) is 304 Å². The topological polar surface area (TPSA) is 142 Å². The van der Waals surface area contributed by atoms with E-state index >= 15 is 0 Å². The molecule has 0 saturated carbocycles. The Hall–Kier alpha value is -8.61. The Labute approximate surface area is 843 Å². The van der Waals surface area contributed by atoms with Crippen molar-refractivity contribution < 1.29 is 0 Å². The molecule has 0 unspecified atom stereocenters. The van der Waals surface area contributed by atoms with Crippen molar-refractivity contribution in [3.8, 4) is 0 Å². The molecule has 0 spiro atoms. The van der Waals surface area contributed by atoms with Gasteiger partial charge in [-0.15, -0.1) is 0 Å². The number of hydrogen-bond donors (Lipinski definition) is 7. The van der Waals surface area contributed by atoms with Gasteiger partial charge in [-0.2, -0.15) is 0 Å². The first kappa shape index (κ1) is 115. The number of anilines is 14. The minimum absolute atomic E-state index is 0.0579. The Morgan fingerprint density at radius 1 is 0.181 bits per heavy atom. The smallest absolute Gasteiger partial charge is 0.126 e. The summed E-state index contributed by atoms with van der Waals surface area (Å²) in [7, 11) is 2.17. The zero-order valence-electron chi connectivity index (χ0n) is 93.6. The fourth-order valence-corrected chi connectivity index (χ4v) is 18.2. The number of rotatable bonds is 20. The lowest BCUT2D eigenvalue weighted by molar-refractivity contribution is 0.209. The zero-order chi connectivity index (χ0) is 102. The Morgan fingerprint density at radius 2 is 0.319 bits per heavy atom. The SMILES string of the molecule is CC(C)N1CCN(c2ccc(NC(C)(C)C)cc2)CC1.CC(C)N1CCN(c2ccc(NC(C)(C)C)cc2)CC1.CC(C)N1CCN(c2ccc(NC(C)(C)C)cc2)CC1.CC(C)N1CCN(c2ccc(NC(C)(C)C)cc2)CC1.CC(C)N1CCN(c2ccc(NC(C)(C)C)cc2)CC1.CC(C)N1CCN(c2ccc(NC(C)(C)C)cc2)CC1.CN1CCN(c2ccc(NC(C)(C)C)nc2)CC1. The first-order chi connectivity index (χ1) is 64.5. The van der Waals surface area contributed by atoms with Crippen LogP contribution < -0.4 is 71.5 Å². The molecule has 138 heavy (non-hydrogen) atoms. The van der Waals surface area contributed by atoms with E-state index in [1.807, 2.05) is 6.20 Å². The van der Waals surface area contributed by atoms with Gasteiger partial charge in [0.15, 0.2) is 0 Å². The van der Waals surface area contributed by atoms with E-state index < -0.39 is 0 Å². The molecule has 7 N–H and O–H groups in total. The minimum Gasteiger partial charge on any atom is -0.380 e. The summed E-state index contributed by atoms with van der Waals surface area (Å²) in [5.74, 6) is 0.945. The van der Waals surface area contributed by atoms with E-state index in [2.05, 4.69) is 504 Å². The predicted octanol–water partition coefficient (Wildman–Crippen LogP) is 22.6. The largest absolute Gasteiger partial charge is 0.380 e. The summed E-state index contributed by atoms with van der Waals surface area (Å²) in [6, 6.07) is 61.3. The number of likely N-dealkylation sites (N-methyl/N-ethyl adjacent to an activating group) is 1. The quantitative estimate of drug-likeness (QED) is 0.0389. The molecule has 22 nitrogen and oxygen atoms in total. The summed E-state index contributed by atoms with van der Waals surface area (Å²) < 4.78 is 0. The van der Waals surface area contributed by atoms with Crippen molar-refractivity contribution in [1.82, 2.24) is 39.3 Å². The minimum atomic E-state index is 0.0579. The van der Waals surface area contributed by atoms with Gasteiger partial charge in [0.2, 0.25) is 0 Å². The van der Waals surface area contributed by atoms with Crippen LogP contribution in [0.25, 0.3) is 0 Å². The number of aromatic nitrogens is 1. The molecule has 772 valence electrons. The van der Waals surface area contributed by atoms with Gasteiger partial charge in [-0.1, -0.05) is 0 Å². The van der Waals surface area contributed by atoms with Gasteiger partial charge in [-0.3, -0.25) is 29.4 Å². The molecule has 6 aromatic carbocycles. The van der Waals surface area contributed by atoms with E-state index in [-0.39, 0.29) is 38.8 Å². The molecule has 0 radical (unpaired) electrons. The average Bonchev–Trinajstić information content (AvgIpc) is 0.856. The lowest BCUT2D eigenvalue weighted by Crippen LogP contribution is -2.48. The highest BCUT2D eigenvalue weighted by molar-refractivity contribution is 5.62. The maximum atomic E-state index is 4.49. The summed E-state index contributed by atoms with van der Waals surface area (Å²) >= 11 is 0. The maximum Gasteiger partial charge on any atom is 0.126 e.